The van der Waals surface area contributed by atoms with Crippen molar-refractivity contribution in [3.63, 3.8) is 0 Å². The number of hydrogen-bond donors (Lipinski definition) is 0. The summed E-state index contributed by atoms with van der Waals surface area (Å²) in [6, 6.07) is 5.34. The molecule has 2 saturated heterocycles. The fourth-order valence-electron chi connectivity index (χ4n) is 4.29. The number of anilines is 1. The number of ether oxygens (including phenoxy) is 1. The first-order valence-corrected chi connectivity index (χ1v) is 10.1. The average Bonchev–Trinajstić information content (AvgIpc) is 3.26. The maximum Gasteiger partial charge on any atom is 0.269 e. The Kier molecular flexibility index (Phi) is 4.43. The van der Waals surface area contributed by atoms with Crippen LogP contribution in [0.3, 0.4) is 0 Å². The predicted molar refractivity (Wildman–Crippen MR) is 109 cm³/mol. The first kappa shape index (κ1) is 18.9. The number of aromatic nitrogens is 5. The van der Waals surface area contributed by atoms with Gasteiger partial charge in [0, 0.05) is 24.7 Å². The predicted octanol–water partition coefficient (Wildman–Crippen LogP) is 1.97. The first-order chi connectivity index (χ1) is 14.4. The van der Waals surface area contributed by atoms with E-state index in [2.05, 4.69) is 32.3 Å². The molecular formula is C21H24N6O3. The summed E-state index contributed by atoms with van der Waals surface area (Å²) in [5, 5.41) is 16.8. The summed E-state index contributed by atoms with van der Waals surface area (Å²) >= 11 is 0. The Morgan fingerprint density at radius 1 is 1.23 bits per heavy atom. The van der Waals surface area contributed by atoms with Gasteiger partial charge in [-0.25, -0.2) is 4.68 Å². The Labute approximate surface area is 173 Å². The lowest BCUT2D eigenvalue weighted by Crippen LogP contribution is -2.62. The third kappa shape index (κ3) is 3.28. The zero-order chi connectivity index (χ0) is 20.9. The van der Waals surface area contributed by atoms with Crippen LogP contribution in [0.25, 0.3) is 11.4 Å². The minimum Gasteiger partial charge on any atom is -0.371 e. The summed E-state index contributed by atoms with van der Waals surface area (Å²) < 4.78 is 12.7. The molecule has 2 aliphatic rings. The zero-order valence-electron chi connectivity index (χ0n) is 17.3. The van der Waals surface area contributed by atoms with Crippen molar-refractivity contribution in [2.45, 2.75) is 39.3 Å². The van der Waals surface area contributed by atoms with Gasteiger partial charge in [-0.2, -0.15) is 10.2 Å². The Bertz CT molecular complexity index is 1130. The lowest BCUT2D eigenvalue weighted by atomic mass is 9.87. The van der Waals surface area contributed by atoms with E-state index in [4.69, 9.17) is 9.26 Å². The van der Waals surface area contributed by atoms with E-state index in [9.17, 15) is 4.79 Å². The minimum absolute atomic E-state index is 0.0438. The van der Waals surface area contributed by atoms with Crippen molar-refractivity contribution in [3.8, 4) is 11.4 Å². The molecule has 3 aromatic rings. The minimum atomic E-state index is -0.171. The van der Waals surface area contributed by atoms with Gasteiger partial charge in [0.25, 0.3) is 5.56 Å². The molecule has 0 aliphatic carbocycles. The molecule has 0 unspecified atom stereocenters. The van der Waals surface area contributed by atoms with Crippen LogP contribution in [-0.2, 0) is 11.3 Å². The molecule has 1 spiro atoms. The standard InChI is InChI=1S/C21H24N6O3/c1-13-7-21(29-10-13)11-26(12-21)16-6-19(28)27(22-8-16)9-17-15(3)30-25-20(17)18-5-4-14(2)23-24-18/h4-6,8,13H,7,9-12H2,1-3H3/t13-/m1/s1. The molecule has 3 aromatic heterocycles. The van der Waals surface area contributed by atoms with Crippen molar-refractivity contribution in [3.05, 3.63) is 51.8 Å². The summed E-state index contributed by atoms with van der Waals surface area (Å²) in [6.45, 7) is 8.59. The van der Waals surface area contributed by atoms with Gasteiger partial charge in [0.05, 0.1) is 30.7 Å². The van der Waals surface area contributed by atoms with Gasteiger partial charge in [0.1, 0.15) is 22.7 Å². The second-order valence-electron chi connectivity index (χ2n) is 8.49. The molecule has 0 bridgehead atoms. The largest absolute Gasteiger partial charge is 0.371 e. The third-order valence-corrected chi connectivity index (χ3v) is 5.91. The summed E-state index contributed by atoms with van der Waals surface area (Å²) in [6.07, 6.45) is 2.81. The maximum absolute atomic E-state index is 12.7. The summed E-state index contributed by atoms with van der Waals surface area (Å²) in [5.41, 5.74) is 3.39. The molecule has 5 rings (SSSR count). The average molecular weight is 408 g/mol. The van der Waals surface area contributed by atoms with E-state index >= 15 is 0 Å². The smallest absolute Gasteiger partial charge is 0.269 e. The molecule has 30 heavy (non-hydrogen) atoms. The Morgan fingerprint density at radius 3 is 2.73 bits per heavy atom. The Hall–Kier alpha value is -3.07. The van der Waals surface area contributed by atoms with Gasteiger partial charge in [0.15, 0.2) is 0 Å². The van der Waals surface area contributed by atoms with Crippen LogP contribution in [0.5, 0.6) is 0 Å². The first-order valence-electron chi connectivity index (χ1n) is 10.1. The van der Waals surface area contributed by atoms with Gasteiger partial charge in [-0.1, -0.05) is 12.1 Å². The van der Waals surface area contributed by atoms with Gasteiger partial charge in [-0.15, -0.1) is 5.10 Å². The van der Waals surface area contributed by atoms with E-state index in [0.29, 0.717) is 23.1 Å². The van der Waals surface area contributed by atoms with E-state index in [0.717, 1.165) is 43.1 Å². The highest BCUT2D eigenvalue weighted by Crippen LogP contribution is 2.39. The molecule has 9 nitrogen and oxygen atoms in total. The molecule has 5 heterocycles. The second-order valence-corrected chi connectivity index (χ2v) is 8.49. The maximum atomic E-state index is 12.7. The molecule has 0 saturated carbocycles. The normalized spacial score (nSPS) is 20.0. The van der Waals surface area contributed by atoms with E-state index in [1.165, 1.54) is 4.68 Å². The summed E-state index contributed by atoms with van der Waals surface area (Å²) in [7, 11) is 0. The van der Waals surface area contributed by atoms with Crippen LogP contribution in [0, 0.1) is 19.8 Å². The molecule has 2 fully saturated rings. The lowest BCUT2D eigenvalue weighted by Gasteiger charge is -2.48. The number of rotatable bonds is 4. The molecule has 0 amide bonds. The van der Waals surface area contributed by atoms with Crippen LogP contribution < -0.4 is 10.5 Å². The number of aryl methyl sites for hydroxylation is 2. The molecule has 0 aromatic carbocycles. The zero-order valence-corrected chi connectivity index (χ0v) is 17.3. The fraction of sp³-hybridized carbons (Fsp3) is 0.476. The molecular weight excluding hydrogens is 384 g/mol. The van der Waals surface area contributed by atoms with E-state index < -0.39 is 0 Å². The van der Waals surface area contributed by atoms with E-state index in [1.54, 1.807) is 12.3 Å². The van der Waals surface area contributed by atoms with Crippen LogP contribution >= 0.6 is 0 Å². The summed E-state index contributed by atoms with van der Waals surface area (Å²) in [4.78, 5) is 14.9. The Morgan fingerprint density at radius 2 is 2.07 bits per heavy atom. The number of nitrogens with zero attached hydrogens (tertiary/aromatic N) is 6. The van der Waals surface area contributed by atoms with E-state index in [-0.39, 0.29) is 17.7 Å². The second kappa shape index (κ2) is 7.02. The topological polar surface area (TPSA) is 99.2 Å². The van der Waals surface area contributed by atoms with Gasteiger partial charge in [-0.3, -0.25) is 4.79 Å². The third-order valence-electron chi connectivity index (χ3n) is 5.91. The van der Waals surface area contributed by atoms with Gasteiger partial charge >= 0.3 is 0 Å². The quantitative estimate of drug-likeness (QED) is 0.646. The lowest BCUT2D eigenvalue weighted by molar-refractivity contribution is -0.0186. The van der Waals surface area contributed by atoms with Gasteiger partial charge in [-0.05, 0) is 38.3 Å². The van der Waals surface area contributed by atoms with Gasteiger partial charge < -0.3 is 14.2 Å². The number of hydrogen-bond acceptors (Lipinski definition) is 8. The highest BCUT2D eigenvalue weighted by Gasteiger charge is 2.48. The SMILES string of the molecule is Cc1ccc(-c2noc(C)c2Cn2ncc(N3CC4(C[C@@H](C)CO4)C3)cc2=O)nn1. The van der Waals surface area contributed by atoms with Crippen LogP contribution in [-0.4, -0.2) is 50.4 Å². The van der Waals surface area contributed by atoms with Crippen molar-refractivity contribution in [2.75, 3.05) is 24.6 Å². The van der Waals surface area contributed by atoms with Crippen molar-refractivity contribution >= 4 is 5.69 Å². The fourth-order valence-corrected chi connectivity index (χ4v) is 4.29. The molecule has 1 atom stereocenters. The highest BCUT2D eigenvalue weighted by molar-refractivity contribution is 5.58. The molecule has 2 aliphatic heterocycles. The monoisotopic (exact) mass is 408 g/mol. The van der Waals surface area contributed by atoms with Crippen molar-refractivity contribution in [1.29, 1.82) is 0 Å². The molecule has 9 heteroatoms. The van der Waals surface area contributed by atoms with Crippen LogP contribution in [0.1, 0.15) is 30.4 Å². The highest BCUT2D eigenvalue weighted by atomic mass is 16.5. The summed E-state index contributed by atoms with van der Waals surface area (Å²) in [5.74, 6) is 1.22. The van der Waals surface area contributed by atoms with Crippen molar-refractivity contribution in [2.24, 2.45) is 5.92 Å². The van der Waals surface area contributed by atoms with Crippen LogP contribution in [0.15, 0.2) is 33.7 Å². The Balaban J connectivity index is 1.35. The molecule has 0 N–H and O–H groups in total. The molecule has 156 valence electrons. The van der Waals surface area contributed by atoms with Crippen LogP contribution in [0.4, 0.5) is 5.69 Å². The van der Waals surface area contributed by atoms with Crippen LogP contribution in [0.2, 0.25) is 0 Å². The van der Waals surface area contributed by atoms with Crippen molar-refractivity contribution in [1.82, 2.24) is 25.1 Å². The van der Waals surface area contributed by atoms with Crippen molar-refractivity contribution < 1.29 is 9.26 Å². The van der Waals surface area contributed by atoms with Gasteiger partial charge in [0.2, 0.25) is 0 Å². The van der Waals surface area contributed by atoms with E-state index in [1.807, 2.05) is 26.0 Å². The molecule has 0 radical (unpaired) electrons.